The van der Waals surface area contributed by atoms with Gasteiger partial charge in [-0.1, -0.05) is 6.07 Å². The van der Waals surface area contributed by atoms with Gasteiger partial charge in [-0.25, -0.2) is 8.78 Å². The van der Waals surface area contributed by atoms with Crippen LogP contribution in [0.5, 0.6) is 0 Å². The SMILES string of the molecule is CC(C)n1c(CN)nnc1Cc1ccc(F)c(F)c1. The van der Waals surface area contributed by atoms with Gasteiger partial charge in [0, 0.05) is 12.5 Å². The molecule has 0 spiro atoms. The van der Waals surface area contributed by atoms with Gasteiger partial charge in [-0.3, -0.25) is 0 Å². The minimum Gasteiger partial charge on any atom is -0.324 e. The van der Waals surface area contributed by atoms with Gasteiger partial charge in [0.15, 0.2) is 11.6 Å². The van der Waals surface area contributed by atoms with E-state index in [4.69, 9.17) is 5.73 Å². The summed E-state index contributed by atoms with van der Waals surface area (Å²) in [5.41, 5.74) is 6.26. The zero-order valence-electron chi connectivity index (χ0n) is 10.9. The first kappa shape index (κ1) is 13.6. The quantitative estimate of drug-likeness (QED) is 0.922. The largest absolute Gasteiger partial charge is 0.324 e. The highest BCUT2D eigenvalue weighted by Gasteiger charge is 2.14. The van der Waals surface area contributed by atoms with Crippen molar-refractivity contribution in [2.45, 2.75) is 32.9 Å². The second-order valence-electron chi connectivity index (χ2n) is 4.63. The molecule has 1 heterocycles. The molecule has 6 heteroatoms. The Balaban J connectivity index is 2.32. The van der Waals surface area contributed by atoms with Gasteiger partial charge < -0.3 is 10.3 Å². The minimum atomic E-state index is -0.854. The van der Waals surface area contributed by atoms with E-state index in [9.17, 15) is 8.78 Å². The minimum absolute atomic E-state index is 0.161. The van der Waals surface area contributed by atoms with Crippen molar-refractivity contribution in [3.8, 4) is 0 Å². The summed E-state index contributed by atoms with van der Waals surface area (Å²) in [6.45, 7) is 4.29. The van der Waals surface area contributed by atoms with Gasteiger partial charge in [-0.05, 0) is 31.5 Å². The zero-order valence-corrected chi connectivity index (χ0v) is 10.9. The Bertz CT molecular complexity index is 578. The lowest BCUT2D eigenvalue weighted by atomic mass is 10.1. The fourth-order valence-electron chi connectivity index (χ4n) is 2.05. The van der Waals surface area contributed by atoms with E-state index in [1.807, 2.05) is 18.4 Å². The van der Waals surface area contributed by atoms with E-state index in [1.165, 1.54) is 6.07 Å². The van der Waals surface area contributed by atoms with E-state index in [0.717, 1.165) is 6.07 Å². The van der Waals surface area contributed by atoms with Gasteiger partial charge in [0.2, 0.25) is 0 Å². The number of hydrogen-bond acceptors (Lipinski definition) is 3. The Morgan fingerprint density at radius 2 is 1.84 bits per heavy atom. The Hall–Kier alpha value is -1.82. The van der Waals surface area contributed by atoms with Gasteiger partial charge in [0.1, 0.15) is 11.6 Å². The molecule has 0 saturated carbocycles. The molecule has 2 rings (SSSR count). The molecule has 0 aliphatic carbocycles. The molecule has 2 N–H and O–H groups in total. The van der Waals surface area contributed by atoms with Crippen molar-refractivity contribution in [2.75, 3.05) is 0 Å². The Morgan fingerprint density at radius 3 is 2.42 bits per heavy atom. The molecule has 0 aliphatic rings. The number of halogens is 2. The van der Waals surface area contributed by atoms with E-state index in [-0.39, 0.29) is 6.04 Å². The van der Waals surface area contributed by atoms with Crippen LogP contribution < -0.4 is 5.73 Å². The Labute approximate surface area is 110 Å². The molecule has 0 atom stereocenters. The van der Waals surface area contributed by atoms with E-state index < -0.39 is 11.6 Å². The second-order valence-corrected chi connectivity index (χ2v) is 4.63. The fourth-order valence-corrected chi connectivity index (χ4v) is 2.05. The molecule has 4 nitrogen and oxygen atoms in total. The standard InChI is InChI=1S/C13H16F2N4/c1-8(2)19-12(17-18-13(19)7-16)6-9-3-4-10(14)11(15)5-9/h3-5,8H,6-7,16H2,1-2H3. The summed E-state index contributed by atoms with van der Waals surface area (Å²) in [5, 5.41) is 8.08. The third-order valence-corrected chi connectivity index (χ3v) is 2.88. The highest BCUT2D eigenvalue weighted by Crippen LogP contribution is 2.16. The lowest BCUT2D eigenvalue weighted by molar-refractivity contribution is 0.506. The molecule has 2 aromatic rings. The Kier molecular flexibility index (Phi) is 3.90. The maximum atomic E-state index is 13.2. The average Bonchev–Trinajstić information content (AvgIpc) is 2.77. The number of hydrogen-bond donors (Lipinski definition) is 1. The molecule has 0 amide bonds. The van der Waals surface area contributed by atoms with Gasteiger partial charge in [-0.15, -0.1) is 10.2 Å². The van der Waals surface area contributed by atoms with Gasteiger partial charge in [0.25, 0.3) is 0 Å². The molecule has 0 unspecified atom stereocenters. The van der Waals surface area contributed by atoms with Gasteiger partial charge in [0.05, 0.1) is 6.54 Å². The monoisotopic (exact) mass is 266 g/mol. The van der Waals surface area contributed by atoms with Crippen LogP contribution in [0.4, 0.5) is 8.78 Å². The lowest BCUT2D eigenvalue weighted by Crippen LogP contribution is -2.13. The smallest absolute Gasteiger partial charge is 0.159 e. The molecule has 1 aromatic heterocycles. The van der Waals surface area contributed by atoms with E-state index >= 15 is 0 Å². The molecule has 19 heavy (non-hydrogen) atoms. The fraction of sp³-hybridized carbons (Fsp3) is 0.385. The van der Waals surface area contributed by atoms with Crippen molar-refractivity contribution in [3.63, 3.8) is 0 Å². The van der Waals surface area contributed by atoms with Crippen molar-refractivity contribution < 1.29 is 8.78 Å². The molecule has 0 fully saturated rings. The van der Waals surface area contributed by atoms with Crippen LogP contribution in [0, 0.1) is 11.6 Å². The summed E-state index contributed by atoms with van der Waals surface area (Å²) in [6.07, 6.45) is 0.391. The summed E-state index contributed by atoms with van der Waals surface area (Å²) in [5.74, 6) is -0.321. The van der Waals surface area contributed by atoms with Gasteiger partial charge >= 0.3 is 0 Å². The second kappa shape index (κ2) is 5.44. The van der Waals surface area contributed by atoms with Crippen LogP contribution in [0.25, 0.3) is 0 Å². The Morgan fingerprint density at radius 1 is 1.16 bits per heavy atom. The van der Waals surface area contributed by atoms with E-state index in [0.29, 0.717) is 30.2 Å². The lowest BCUT2D eigenvalue weighted by Gasteiger charge is -2.13. The number of nitrogens with zero attached hydrogens (tertiary/aromatic N) is 3. The predicted octanol–water partition coefficient (Wildman–Crippen LogP) is 2.19. The highest BCUT2D eigenvalue weighted by molar-refractivity contribution is 5.21. The topological polar surface area (TPSA) is 56.7 Å². The number of nitrogens with two attached hydrogens (primary N) is 1. The molecule has 102 valence electrons. The first-order valence-corrected chi connectivity index (χ1v) is 6.09. The van der Waals surface area contributed by atoms with Crippen LogP contribution in [0.15, 0.2) is 18.2 Å². The van der Waals surface area contributed by atoms with Crippen LogP contribution in [-0.4, -0.2) is 14.8 Å². The number of aromatic nitrogens is 3. The molecular weight excluding hydrogens is 250 g/mol. The zero-order chi connectivity index (χ0) is 14.0. The van der Waals surface area contributed by atoms with E-state index in [2.05, 4.69) is 10.2 Å². The molecule has 1 aromatic carbocycles. The van der Waals surface area contributed by atoms with Crippen LogP contribution in [0.3, 0.4) is 0 Å². The molecule has 0 saturated heterocycles. The first-order valence-electron chi connectivity index (χ1n) is 6.09. The van der Waals surface area contributed by atoms with Crippen LogP contribution in [-0.2, 0) is 13.0 Å². The maximum absolute atomic E-state index is 13.2. The number of rotatable bonds is 4. The molecule has 0 radical (unpaired) electrons. The third-order valence-electron chi connectivity index (χ3n) is 2.88. The van der Waals surface area contributed by atoms with Crippen molar-refractivity contribution in [1.29, 1.82) is 0 Å². The van der Waals surface area contributed by atoms with Crippen molar-refractivity contribution in [3.05, 3.63) is 47.0 Å². The summed E-state index contributed by atoms with van der Waals surface area (Å²) in [6, 6.07) is 4.00. The summed E-state index contributed by atoms with van der Waals surface area (Å²) in [4.78, 5) is 0. The van der Waals surface area contributed by atoms with Crippen LogP contribution in [0.2, 0.25) is 0 Å². The summed E-state index contributed by atoms with van der Waals surface area (Å²) < 4.78 is 28.0. The predicted molar refractivity (Wildman–Crippen MR) is 67.5 cm³/mol. The van der Waals surface area contributed by atoms with Crippen LogP contribution >= 0.6 is 0 Å². The summed E-state index contributed by atoms with van der Waals surface area (Å²) >= 11 is 0. The normalized spacial score (nSPS) is 11.3. The average molecular weight is 266 g/mol. The van der Waals surface area contributed by atoms with Crippen molar-refractivity contribution >= 4 is 0 Å². The molecule has 0 aliphatic heterocycles. The molecular formula is C13H16F2N4. The summed E-state index contributed by atoms with van der Waals surface area (Å²) in [7, 11) is 0. The third kappa shape index (κ3) is 2.78. The van der Waals surface area contributed by atoms with E-state index in [1.54, 1.807) is 6.07 Å². The van der Waals surface area contributed by atoms with Gasteiger partial charge in [-0.2, -0.15) is 0 Å². The highest BCUT2D eigenvalue weighted by atomic mass is 19.2. The first-order chi connectivity index (χ1) is 9.02. The maximum Gasteiger partial charge on any atom is 0.159 e. The van der Waals surface area contributed by atoms with Crippen molar-refractivity contribution in [2.24, 2.45) is 5.73 Å². The van der Waals surface area contributed by atoms with Crippen LogP contribution in [0.1, 0.15) is 37.1 Å². The van der Waals surface area contributed by atoms with Crippen molar-refractivity contribution in [1.82, 2.24) is 14.8 Å². The number of benzene rings is 1. The molecule has 0 bridgehead atoms.